The number of anilines is 1. The Kier molecular flexibility index (Phi) is 4.23. The Balaban J connectivity index is 1.24. The normalized spacial score (nSPS) is 21.4. The average Bonchev–Trinajstić information content (AvgIpc) is 3.23. The maximum absolute atomic E-state index is 11.8. The molecular formula is C22H25N3O3. The van der Waals surface area contributed by atoms with Crippen molar-refractivity contribution in [1.82, 2.24) is 10.3 Å². The number of ether oxygens (including phenoxy) is 1. The van der Waals surface area contributed by atoms with Crippen LogP contribution in [0.4, 0.5) is 5.82 Å². The van der Waals surface area contributed by atoms with Crippen molar-refractivity contribution in [3.8, 4) is 5.75 Å². The van der Waals surface area contributed by atoms with E-state index in [2.05, 4.69) is 22.3 Å². The lowest BCUT2D eigenvalue weighted by atomic mass is 10.1. The van der Waals surface area contributed by atoms with Gasteiger partial charge in [0.25, 0.3) is 5.91 Å². The summed E-state index contributed by atoms with van der Waals surface area (Å²) in [7, 11) is 0. The first kappa shape index (κ1) is 17.5. The fourth-order valence-corrected chi connectivity index (χ4v) is 4.57. The fraction of sp³-hybridized carbons (Fsp3) is 0.455. The van der Waals surface area contributed by atoms with E-state index in [1.54, 1.807) is 0 Å². The summed E-state index contributed by atoms with van der Waals surface area (Å²) < 4.78 is 6.23. The molecule has 5 rings (SSSR count). The highest BCUT2D eigenvalue weighted by atomic mass is 16.5. The van der Waals surface area contributed by atoms with Crippen molar-refractivity contribution in [3.63, 3.8) is 0 Å². The first-order valence-electron chi connectivity index (χ1n) is 10.1. The molecule has 2 aromatic rings. The maximum atomic E-state index is 11.8. The van der Waals surface area contributed by atoms with Gasteiger partial charge in [0.05, 0.1) is 23.9 Å². The summed E-state index contributed by atoms with van der Waals surface area (Å²) in [5.41, 5.74) is 5.06. The van der Waals surface area contributed by atoms with Gasteiger partial charge in [-0.05, 0) is 54.7 Å². The van der Waals surface area contributed by atoms with Gasteiger partial charge in [-0.3, -0.25) is 4.79 Å². The lowest BCUT2D eigenvalue weighted by Gasteiger charge is -2.34. The van der Waals surface area contributed by atoms with Crippen LogP contribution >= 0.6 is 0 Å². The van der Waals surface area contributed by atoms with Crippen molar-refractivity contribution in [2.24, 2.45) is 0 Å². The van der Waals surface area contributed by atoms with Crippen LogP contribution in [0.15, 0.2) is 24.3 Å². The largest absolute Gasteiger partial charge is 0.490 e. The second-order valence-corrected chi connectivity index (χ2v) is 8.10. The van der Waals surface area contributed by atoms with E-state index in [4.69, 9.17) is 9.72 Å². The van der Waals surface area contributed by atoms with Crippen molar-refractivity contribution >= 4 is 11.7 Å². The van der Waals surface area contributed by atoms with Crippen LogP contribution < -0.4 is 15.0 Å². The molecule has 3 aliphatic rings. The number of aliphatic hydroxyl groups is 1. The number of rotatable bonds is 3. The topological polar surface area (TPSA) is 74.7 Å². The van der Waals surface area contributed by atoms with Crippen LogP contribution in [0, 0.1) is 6.92 Å². The number of benzene rings is 1. The Morgan fingerprint density at radius 1 is 1.18 bits per heavy atom. The molecule has 1 aromatic heterocycles. The zero-order valence-electron chi connectivity index (χ0n) is 16.1. The standard InChI is InChI=1S/C22H25N3O3/c1-13-8-19-20(12-23-22(19)27)24-21(13)25-6-4-17(5-7-25)28-18-3-2-14-9-16(26)10-15(14)11-18/h2-3,8,11,16-17,26H,4-7,9-10,12H2,1H3,(H,23,27). The minimum absolute atomic E-state index is 0.0221. The Bertz CT molecular complexity index is 935. The number of aromatic nitrogens is 1. The molecule has 146 valence electrons. The predicted molar refractivity (Wildman–Crippen MR) is 106 cm³/mol. The maximum Gasteiger partial charge on any atom is 0.253 e. The number of nitrogens with one attached hydrogen (secondary N) is 1. The third-order valence-electron chi connectivity index (χ3n) is 6.06. The van der Waals surface area contributed by atoms with Crippen LogP contribution in [0.1, 0.15) is 45.6 Å². The van der Waals surface area contributed by atoms with Gasteiger partial charge in [0.1, 0.15) is 17.7 Å². The molecule has 1 fully saturated rings. The van der Waals surface area contributed by atoms with Crippen LogP contribution in [0.5, 0.6) is 5.75 Å². The van der Waals surface area contributed by atoms with Gasteiger partial charge in [0.2, 0.25) is 0 Å². The van der Waals surface area contributed by atoms with Crippen LogP contribution in [0.3, 0.4) is 0 Å². The summed E-state index contributed by atoms with van der Waals surface area (Å²) in [5, 5.41) is 12.7. The van der Waals surface area contributed by atoms with Crippen LogP contribution in [-0.4, -0.2) is 41.3 Å². The highest BCUT2D eigenvalue weighted by Gasteiger charge is 2.27. The number of pyridine rings is 1. The summed E-state index contributed by atoms with van der Waals surface area (Å²) >= 11 is 0. The highest BCUT2D eigenvalue weighted by molar-refractivity contribution is 5.98. The SMILES string of the molecule is Cc1cc2c(nc1N1CCC(Oc3ccc4c(c3)CC(O)C4)CC1)CNC2=O. The van der Waals surface area contributed by atoms with Crippen molar-refractivity contribution in [2.45, 2.75) is 51.4 Å². The number of aryl methyl sites for hydroxylation is 1. The second-order valence-electron chi connectivity index (χ2n) is 8.10. The first-order valence-corrected chi connectivity index (χ1v) is 10.1. The van der Waals surface area contributed by atoms with Crippen molar-refractivity contribution in [3.05, 3.63) is 52.2 Å². The van der Waals surface area contributed by atoms with E-state index in [1.807, 2.05) is 19.1 Å². The molecule has 2 aliphatic heterocycles. The van der Waals surface area contributed by atoms with E-state index in [1.165, 1.54) is 11.1 Å². The first-order chi connectivity index (χ1) is 13.6. The van der Waals surface area contributed by atoms with Crippen molar-refractivity contribution in [2.75, 3.05) is 18.0 Å². The zero-order valence-corrected chi connectivity index (χ0v) is 16.1. The molecule has 6 nitrogen and oxygen atoms in total. The molecule has 0 spiro atoms. The molecule has 0 saturated carbocycles. The Morgan fingerprint density at radius 3 is 2.79 bits per heavy atom. The molecule has 1 aromatic carbocycles. The molecule has 1 unspecified atom stereocenters. The number of nitrogens with zero attached hydrogens (tertiary/aromatic N) is 2. The van der Waals surface area contributed by atoms with E-state index in [0.29, 0.717) is 12.1 Å². The molecule has 1 saturated heterocycles. The predicted octanol–water partition coefficient (Wildman–Crippen LogP) is 2.14. The number of hydrogen-bond acceptors (Lipinski definition) is 5. The summed E-state index contributed by atoms with van der Waals surface area (Å²) in [5.74, 6) is 1.87. The van der Waals surface area contributed by atoms with Gasteiger partial charge in [0.15, 0.2) is 0 Å². The quantitative estimate of drug-likeness (QED) is 0.855. The minimum Gasteiger partial charge on any atom is -0.490 e. The number of amides is 1. The summed E-state index contributed by atoms with van der Waals surface area (Å²) in [6.07, 6.45) is 3.30. The third-order valence-corrected chi connectivity index (χ3v) is 6.06. The summed E-state index contributed by atoms with van der Waals surface area (Å²) in [6, 6.07) is 8.17. The number of carbonyl (C=O) groups excluding carboxylic acids is 1. The molecule has 0 radical (unpaired) electrons. The molecule has 28 heavy (non-hydrogen) atoms. The molecule has 6 heteroatoms. The molecule has 0 bridgehead atoms. The van der Waals surface area contributed by atoms with Gasteiger partial charge >= 0.3 is 0 Å². The molecule has 3 heterocycles. The monoisotopic (exact) mass is 379 g/mol. The minimum atomic E-state index is -0.248. The van der Waals surface area contributed by atoms with Gasteiger partial charge in [-0.2, -0.15) is 0 Å². The van der Waals surface area contributed by atoms with Gasteiger partial charge in [-0.15, -0.1) is 0 Å². The third kappa shape index (κ3) is 3.11. The molecule has 1 amide bonds. The smallest absolute Gasteiger partial charge is 0.253 e. The fourth-order valence-electron chi connectivity index (χ4n) is 4.57. The number of fused-ring (bicyclic) bond motifs is 2. The number of hydrogen-bond donors (Lipinski definition) is 2. The van der Waals surface area contributed by atoms with Gasteiger partial charge in [0, 0.05) is 25.9 Å². The highest BCUT2D eigenvalue weighted by Crippen LogP contribution is 2.30. The van der Waals surface area contributed by atoms with E-state index in [-0.39, 0.29) is 18.1 Å². The lowest BCUT2D eigenvalue weighted by Crippen LogP contribution is -2.39. The Hall–Kier alpha value is -2.60. The van der Waals surface area contributed by atoms with Crippen LogP contribution in [0.25, 0.3) is 0 Å². The van der Waals surface area contributed by atoms with E-state index < -0.39 is 0 Å². The number of carbonyl (C=O) groups is 1. The molecular weight excluding hydrogens is 354 g/mol. The van der Waals surface area contributed by atoms with E-state index in [0.717, 1.165) is 61.6 Å². The Morgan fingerprint density at radius 2 is 1.96 bits per heavy atom. The van der Waals surface area contributed by atoms with Gasteiger partial charge in [-0.25, -0.2) is 4.98 Å². The lowest BCUT2D eigenvalue weighted by molar-refractivity contribution is 0.0965. The molecule has 1 aliphatic carbocycles. The van der Waals surface area contributed by atoms with Crippen molar-refractivity contribution < 1.29 is 14.6 Å². The van der Waals surface area contributed by atoms with Crippen molar-refractivity contribution in [1.29, 1.82) is 0 Å². The van der Waals surface area contributed by atoms with E-state index >= 15 is 0 Å². The molecule has 2 N–H and O–H groups in total. The van der Waals surface area contributed by atoms with Crippen LogP contribution in [-0.2, 0) is 19.4 Å². The number of piperidine rings is 1. The second kappa shape index (κ2) is 6.78. The van der Waals surface area contributed by atoms with Crippen LogP contribution in [0.2, 0.25) is 0 Å². The van der Waals surface area contributed by atoms with Gasteiger partial charge in [-0.1, -0.05) is 6.07 Å². The molecule has 1 atom stereocenters. The zero-order chi connectivity index (χ0) is 19.3. The summed E-state index contributed by atoms with van der Waals surface area (Å²) in [4.78, 5) is 18.9. The summed E-state index contributed by atoms with van der Waals surface area (Å²) in [6.45, 7) is 4.33. The number of aliphatic hydroxyl groups excluding tert-OH is 1. The Labute approximate surface area is 164 Å². The van der Waals surface area contributed by atoms with E-state index in [9.17, 15) is 9.90 Å². The van der Waals surface area contributed by atoms with Gasteiger partial charge < -0.3 is 20.1 Å². The average molecular weight is 379 g/mol.